The molecular weight excluding hydrogens is 347 g/mol. The number of morpholine rings is 2. The van der Waals surface area contributed by atoms with Gasteiger partial charge in [-0.05, 0) is 5.53 Å². The average molecular weight is 371 g/mol. The second-order valence-electron chi connectivity index (χ2n) is 4.64. The molecule has 0 saturated carbocycles. The van der Waals surface area contributed by atoms with Crippen molar-refractivity contribution in [2.24, 2.45) is 5.11 Å². The molecule has 2 rings (SSSR count). The van der Waals surface area contributed by atoms with Crippen LogP contribution in [-0.2, 0) is 9.47 Å². The van der Waals surface area contributed by atoms with E-state index in [9.17, 15) is 0 Å². The van der Waals surface area contributed by atoms with Crippen LogP contribution in [0.3, 0.4) is 0 Å². The van der Waals surface area contributed by atoms with Crippen LogP contribution >= 0.6 is 11.6 Å². The molecule has 2 aliphatic heterocycles. The van der Waals surface area contributed by atoms with E-state index in [-0.39, 0.29) is 29.6 Å². The van der Waals surface area contributed by atoms with Crippen molar-refractivity contribution < 1.29 is 39.0 Å². The topological polar surface area (TPSA) is 132 Å². The summed E-state index contributed by atoms with van der Waals surface area (Å²) in [5, 5.41) is 3.46. The maximum Gasteiger partial charge on any atom is 1.00 e. The van der Waals surface area contributed by atoms with Gasteiger partial charge in [0.2, 0.25) is 0 Å². The standard InChI is InChI=1S/C6H12ClNO.C6H12N4O.N3.Na/c7-1-2-8-3-5-9-6-4-8;7-9-8-1-2-10-3-5-11-6-4-10;1-3-2;/h1-6H2;1-6H2;;/q;;-1;+1. The van der Waals surface area contributed by atoms with Crippen LogP contribution in [-0.4, -0.2) is 87.9 Å². The fourth-order valence-electron chi connectivity index (χ4n) is 2.00. The molecule has 0 N–H and O–H groups in total. The summed E-state index contributed by atoms with van der Waals surface area (Å²) < 4.78 is 10.3. The first-order valence-electron chi connectivity index (χ1n) is 7.44. The summed E-state index contributed by atoms with van der Waals surface area (Å²) >= 11 is 5.55. The molecule has 0 aromatic rings. The van der Waals surface area contributed by atoms with E-state index >= 15 is 0 Å². The van der Waals surface area contributed by atoms with E-state index in [0.29, 0.717) is 6.54 Å². The molecule has 24 heavy (non-hydrogen) atoms. The molecule has 0 aromatic carbocycles. The van der Waals surface area contributed by atoms with Crippen LogP contribution < -0.4 is 29.6 Å². The van der Waals surface area contributed by atoms with Gasteiger partial charge in [-0.1, -0.05) is 5.11 Å². The minimum absolute atomic E-state index is 0. The minimum Gasteiger partial charge on any atom is -0.379 e. The summed E-state index contributed by atoms with van der Waals surface area (Å²) in [5.74, 6) is 0.736. The molecule has 0 atom stereocenters. The van der Waals surface area contributed by atoms with Crippen LogP contribution in [0.25, 0.3) is 26.4 Å². The van der Waals surface area contributed by atoms with Crippen LogP contribution in [0.2, 0.25) is 0 Å². The van der Waals surface area contributed by atoms with E-state index in [2.05, 4.69) is 19.8 Å². The number of azide groups is 1. The Morgan fingerprint density at radius 2 is 1.29 bits per heavy atom. The molecule has 0 aromatic heterocycles. The van der Waals surface area contributed by atoms with Crippen LogP contribution in [0.15, 0.2) is 5.11 Å². The van der Waals surface area contributed by atoms with Crippen molar-refractivity contribution in [1.82, 2.24) is 9.80 Å². The summed E-state index contributed by atoms with van der Waals surface area (Å²) in [6, 6.07) is 0. The third-order valence-electron chi connectivity index (χ3n) is 3.19. The van der Waals surface area contributed by atoms with Gasteiger partial charge in [0.05, 0.1) is 26.4 Å². The minimum atomic E-state index is 0. The van der Waals surface area contributed by atoms with Gasteiger partial charge in [0.25, 0.3) is 0 Å². The molecule has 0 amide bonds. The Labute approximate surface area is 169 Å². The monoisotopic (exact) mass is 370 g/mol. The number of nitrogens with zero attached hydrogens (tertiary/aromatic N) is 8. The van der Waals surface area contributed by atoms with Crippen LogP contribution in [0.1, 0.15) is 0 Å². The van der Waals surface area contributed by atoms with Crippen molar-refractivity contribution in [2.45, 2.75) is 0 Å². The van der Waals surface area contributed by atoms with Gasteiger partial charge in [-0.15, -0.1) is 11.6 Å². The zero-order valence-electron chi connectivity index (χ0n) is 14.3. The van der Waals surface area contributed by atoms with Gasteiger partial charge in [-0.3, -0.25) is 14.7 Å². The first-order chi connectivity index (χ1) is 11.3. The maximum absolute atomic E-state index is 8.01. The van der Waals surface area contributed by atoms with E-state index in [0.717, 1.165) is 71.6 Å². The zero-order chi connectivity index (χ0) is 17.2. The van der Waals surface area contributed by atoms with E-state index in [1.54, 1.807) is 0 Å². The number of hydrogen-bond acceptors (Lipinski definition) is 5. The Kier molecular flexibility index (Phi) is 22.5. The Hall–Kier alpha value is -0.250. The fourth-order valence-corrected chi connectivity index (χ4v) is 2.24. The molecule has 0 aliphatic carbocycles. The molecule has 2 heterocycles. The Balaban J connectivity index is 0. The largest absolute Gasteiger partial charge is 1.00 e. The molecule has 2 fully saturated rings. The van der Waals surface area contributed by atoms with Gasteiger partial charge in [0.1, 0.15) is 0 Å². The SMILES string of the molecule is ClCCN1CCOCC1.[N-]=[N+]=NCCN1CCOCC1.[N-]=[N+]=[N-].[Na+]. The third-order valence-corrected chi connectivity index (χ3v) is 3.36. The molecule has 0 unspecified atom stereocenters. The quantitative estimate of drug-likeness (QED) is 0.203. The number of ether oxygens (including phenoxy) is 2. The van der Waals surface area contributed by atoms with Gasteiger partial charge < -0.3 is 20.5 Å². The van der Waals surface area contributed by atoms with Crippen molar-refractivity contribution >= 4 is 11.6 Å². The van der Waals surface area contributed by atoms with Crippen LogP contribution in [0, 0.1) is 0 Å². The first kappa shape index (κ1) is 26.0. The molecule has 132 valence electrons. The predicted octanol–water partition coefficient (Wildman–Crippen LogP) is -0.944. The number of alkyl halides is 1. The van der Waals surface area contributed by atoms with Crippen molar-refractivity contribution in [3.05, 3.63) is 26.4 Å². The number of rotatable bonds is 5. The van der Waals surface area contributed by atoms with E-state index in [1.165, 1.54) is 4.91 Å². The fraction of sp³-hybridized carbons (Fsp3) is 1.00. The Bertz CT molecular complexity index is 352. The van der Waals surface area contributed by atoms with Gasteiger partial charge >= 0.3 is 29.6 Å². The molecular formula is C12H24ClN8NaO2. The molecule has 12 heteroatoms. The number of hydrogen-bond donors (Lipinski definition) is 0. The summed E-state index contributed by atoms with van der Waals surface area (Å²) in [6.07, 6.45) is 0. The average Bonchev–Trinajstić information content (AvgIpc) is 2.59. The summed E-state index contributed by atoms with van der Waals surface area (Å²) in [6.45, 7) is 9.79. The molecule has 10 nitrogen and oxygen atoms in total. The smallest absolute Gasteiger partial charge is 0.379 e. The van der Waals surface area contributed by atoms with Crippen molar-refractivity contribution in [3.8, 4) is 0 Å². The first-order valence-corrected chi connectivity index (χ1v) is 7.97. The summed E-state index contributed by atoms with van der Waals surface area (Å²) in [7, 11) is 0. The van der Waals surface area contributed by atoms with Gasteiger partial charge in [-0.25, -0.2) is 0 Å². The Morgan fingerprint density at radius 3 is 1.67 bits per heavy atom. The van der Waals surface area contributed by atoms with Crippen LogP contribution in [0.4, 0.5) is 0 Å². The summed E-state index contributed by atoms with van der Waals surface area (Å²) in [5.41, 5.74) is 21.5. The van der Waals surface area contributed by atoms with E-state index in [4.69, 9.17) is 37.7 Å². The van der Waals surface area contributed by atoms with Crippen molar-refractivity contribution in [2.75, 3.05) is 78.1 Å². The second-order valence-corrected chi connectivity index (χ2v) is 5.02. The zero-order valence-corrected chi connectivity index (χ0v) is 17.0. The third kappa shape index (κ3) is 16.6. The second kappa shape index (κ2) is 20.8. The van der Waals surface area contributed by atoms with E-state index in [1.807, 2.05) is 0 Å². The van der Waals surface area contributed by atoms with Crippen molar-refractivity contribution in [1.29, 1.82) is 0 Å². The molecule has 0 spiro atoms. The normalized spacial score (nSPS) is 17.5. The molecule has 2 saturated heterocycles. The van der Waals surface area contributed by atoms with E-state index < -0.39 is 0 Å². The maximum atomic E-state index is 8.01. The van der Waals surface area contributed by atoms with Gasteiger partial charge in [-0.2, -0.15) is 0 Å². The Morgan fingerprint density at radius 1 is 0.875 bits per heavy atom. The van der Waals surface area contributed by atoms with Gasteiger partial charge in [0.15, 0.2) is 0 Å². The van der Waals surface area contributed by atoms with Crippen molar-refractivity contribution in [3.63, 3.8) is 0 Å². The van der Waals surface area contributed by atoms with Gasteiger partial charge in [0, 0.05) is 56.6 Å². The number of halogens is 1. The molecule has 0 radical (unpaired) electrons. The predicted molar refractivity (Wildman–Crippen MR) is 89.3 cm³/mol. The van der Waals surface area contributed by atoms with Crippen LogP contribution in [0.5, 0.6) is 0 Å². The summed E-state index contributed by atoms with van der Waals surface area (Å²) in [4.78, 5) is 8.74. The molecule has 2 aliphatic rings. The molecule has 0 bridgehead atoms.